The largest absolute Gasteiger partial charge is 0.375 e. The fourth-order valence-corrected chi connectivity index (χ4v) is 13.7. The Balaban J connectivity index is 4.06. The number of thiol groups is 3. The molecule has 0 rings (SSSR count). The van der Waals surface area contributed by atoms with Crippen LogP contribution in [0.2, 0.25) is 0 Å². The van der Waals surface area contributed by atoms with E-state index in [4.69, 9.17) is 4.74 Å². The van der Waals surface area contributed by atoms with Crippen molar-refractivity contribution in [1.82, 2.24) is 0 Å². The van der Waals surface area contributed by atoms with Gasteiger partial charge in [0.2, 0.25) is 0 Å². The van der Waals surface area contributed by atoms with Gasteiger partial charge in [-0.25, -0.2) is 0 Å². The molecule has 0 aliphatic carbocycles. The number of thioether (sulfide) groups is 9. The van der Waals surface area contributed by atoms with Gasteiger partial charge in [0.15, 0.2) is 0 Å². The van der Waals surface area contributed by atoms with E-state index in [0.29, 0.717) is 0 Å². The van der Waals surface area contributed by atoms with Crippen LogP contribution in [0.4, 0.5) is 0 Å². The zero-order chi connectivity index (χ0) is 30.7. The Morgan fingerprint density at radius 1 is 0.381 bits per heavy atom. The molecule has 0 spiro atoms. The van der Waals surface area contributed by atoms with Gasteiger partial charge in [0, 0.05) is 92.9 Å². The zero-order valence-corrected chi connectivity index (χ0v) is 36.0. The highest BCUT2D eigenvalue weighted by Crippen LogP contribution is 2.27. The summed E-state index contributed by atoms with van der Waals surface area (Å²) >= 11 is 31.6. The number of hydrogen-bond acceptors (Lipinski definition) is 13. The molecular formula is C29H60OS12. The van der Waals surface area contributed by atoms with E-state index < -0.39 is 0 Å². The predicted molar refractivity (Wildman–Crippen MR) is 235 cm³/mol. The maximum atomic E-state index is 6.63. The Labute approximate surface area is 317 Å². The van der Waals surface area contributed by atoms with Gasteiger partial charge in [0.25, 0.3) is 0 Å². The van der Waals surface area contributed by atoms with Crippen LogP contribution >= 0.6 is 144 Å². The van der Waals surface area contributed by atoms with E-state index in [1.54, 1.807) is 0 Å². The van der Waals surface area contributed by atoms with Crippen molar-refractivity contribution in [2.75, 3.05) is 127 Å². The molecule has 254 valence electrons. The highest BCUT2D eigenvalue weighted by molar-refractivity contribution is 8.05. The van der Waals surface area contributed by atoms with Crippen molar-refractivity contribution in [2.45, 2.75) is 44.6 Å². The first-order valence-corrected chi connectivity index (χ1v) is 27.6. The number of rotatable bonds is 37. The third-order valence-corrected chi connectivity index (χ3v) is 18.1. The normalized spacial score (nSPS) is 12.0. The molecule has 13 heteroatoms. The molecular weight excluding hydrogens is 749 g/mol. The van der Waals surface area contributed by atoms with Gasteiger partial charge >= 0.3 is 0 Å². The van der Waals surface area contributed by atoms with Crippen LogP contribution in [-0.2, 0) is 4.74 Å². The smallest absolute Gasteiger partial charge is 0.0655 e. The second kappa shape index (κ2) is 39.6. The second-order valence-corrected chi connectivity index (χ2v) is 21.9. The summed E-state index contributed by atoms with van der Waals surface area (Å²) in [4.78, 5) is 0. The Bertz CT molecular complexity index is 481. The Morgan fingerprint density at radius 2 is 0.643 bits per heavy atom. The lowest BCUT2D eigenvalue weighted by molar-refractivity contribution is -0.0435. The van der Waals surface area contributed by atoms with Crippen molar-refractivity contribution < 1.29 is 4.74 Å². The minimum absolute atomic E-state index is 0.0459. The van der Waals surface area contributed by atoms with Crippen LogP contribution in [0.3, 0.4) is 0 Å². The Hall–Kier alpha value is 4.16. The van der Waals surface area contributed by atoms with E-state index in [-0.39, 0.29) is 5.60 Å². The van der Waals surface area contributed by atoms with Gasteiger partial charge in [-0.1, -0.05) is 0 Å². The van der Waals surface area contributed by atoms with Gasteiger partial charge in [0.1, 0.15) is 0 Å². The van der Waals surface area contributed by atoms with Crippen molar-refractivity contribution in [3.05, 3.63) is 0 Å². The molecule has 0 aliphatic rings. The highest BCUT2D eigenvalue weighted by Gasteiger charge is 2.24. The fourth-order valence-electron chi connectivity index (χ4n) is 3.66. The first-order valence-electron chi connectivity index (χ1n) is 15.3. The topological polar surface area (TPSA) is 9.23 Å². The van der Waals surface area contributed by atoms with E-state index in [9.17, 15) is 0 Å². The molecule has 0 amide bonds. The van der Waals surface area contributed by atoms with E-state index in [1.165, 1.54) is 136 Å². The SMILES string of the molecule is CC(CCCSCCSCCSCCS)(CCCSCCSCCSCCS)OCCCSCCSCCSCCS. The van der Waals surface area contributed by atoms with E-state index >= 15 is 0 Å². The third kappa shape index (κ3) is 37.0. The van der Waals surface area contributed by atoms with Crippen molar-refractivity contribution in [1.29, 1.82) is 0 Å². The second-order valence-electron chi connectivity index (χ2n) is 9.54. The van der Waals surface area contributed by atoms with Gasteiger partial charge in [0.05, 0.1) is 5.60 Å². The number of ether oxygens (including phenoxy) is 1. The van der Waals surface area contributed by atoms with Crippen molar-refractivity contribution >= 4 is 144 Å². The fraction of sp³-hybridized carbons (Fsp3) is 1.00. The molecule has 0 saturated carbocycles. The van der Waals surface area contributed by atoms with Gasteiger partial charge < -0.3 is 4.74 Å². The molecule has 0 unspecified atom stereocenters. The van der Waals surface area contributed by atoms with Gasteiger partial charge in [-0.2, -0.15) is 144 Å². The maximum Gasteiger partial charge on any atom is 0.0655 e. The summed E-state index contributed by atoms with van der Waals surface area (Å²) in [5, 5.41) is 0. The summed E-state index contributed by atoms with van der Waals surface area (Å²) in [5.41, 5.74) is 0.0459. The molecule has 0 bridgehead atoms. The predicted octanol–water partition coefficient (Wildman–Crippen LogP) is 10.1. The maximum absolute atomic E-state index is 6.63. The molecule has 0 aromatic heterocycles. The minimum Gasteiger partial charge on any atom is -0.375 e. The molecule has 0 atom stereocenters. The van der Waals surface area contributed by atoms with Gasteiger partial charge in [-0.15, -0.1) is 0 Å². The average molecular weight is 810 g/mol. The van der Waals surface area contributed by atoms with Crippen LogP contribution in [0.5, 0.6) is 0 Å². The van der Waals surface area contributed by atoms with Gasteiger partial charge in [-0.3, -0.25) is 0 Å². The van der Waals surface area contributed by atoms with Gasteiger partial charge in [-0.05, 0) is 73.5 Å². The molecule has 0 aromatic carbocycles. The van der Waals surface area contributed by atoms with Crippen LogP contribution in [0, 0.1) is 0 Å². The monoisotopic (exact) mass is 808 g/mol. The van der Waals surface area contributed by atoms with Crippen molar-refractivity contribution in [2.24, 2.45) is 0 Å². The quantitative estimate of drug-likeness (QED) is 0.0412. The Morgan fingerprint density at radius 3 is 0.952 bits per heavy atom. The first-order chi connectivity index (χ1) is 20.7. The van der Waals surface area contributed by atoms with E-state index in [0.717, 1.165) is 23.9 Å². The Kier molecular flexibility index (Phi) is 43.5. The van der Waals surface area contributed by atoms with E-state index in [2.05, 4.69) is 115 Å². The summed E-state index contributed by atoms with van der Waals surface area (Å²) in [7, 11) is 0. The molecule has 42 heavy (non-hydrogen) atoms. The molecule has 0 heterocycles. The van der Waals surface area contributed by atoms with Crippen LogP contribution in [0.15, 0.2) is 0 Å². The van der Waals surface area contributed by atoms with Crippen LogP contribution < -0.4 is 0 Å². The highest BCUT2D eigenvalue weighted by atomic mass is 32.2. The molecule has 0 aromatic rings. The lowest BCUT2D eigenvalue weighted by Crippen LogP contribution is -2.30. The average Bonchev–Trinajstić information content (AvgIpc) is 2.99. The lowest BCUT2D eigenvalue weighted by atomic mass is 9.94. The summed E-state index contributed by atoms with van der Waals surface area (Å²) < 4.78 is 6.63. The van der Waals surface area contributed by atoms with E-state index in [1.807, 2.05) is 35.3 Å². The van der Waals surface area contributed by atoms with Crippen LogP contribution in [0.25, 0.3) is 0 Å². The van der Waals surface area contributed by atoms with Crippen molar-refractivity contribution in [3.63, 3.8) is 0 Å². The molecule has 0 N–H and O–H groups in total. The number of hydrogen-bond donors (Lipinski definition) is 3. The summed E-state index contributed by atoms with van der Waals surface area (Å²) in [6.45, 7) is 3.32. The lowest BCUT2D eigenvalue weighted by Gasteiger charge is -2.30. The molecule has 0 aliphatic heterocycles. The first kappa shape index (κ1) is 46.2. The summed E-state index contributed by atoms with van der Waals surface area (Å²) in [6, 6.07) is 0. The summed E-state index contributed by atoms with van der Waals surface area (Å²) in [5.74, 6) is 25.7. The molecule has 0 radical (unpaired) electrons. The van der Waals surface area contributed by atoms with Crippen LogP contribution in [-0.4, -0.2) is 133 Å². The molecule has 1 nitrogen and oxygen atoms in total. The summed E-state index contributed by atoms with van der Waals surface area (Å²) in [6.07, 6.45) is 6.13. The molecule has 0 fully saturated rings. The molecule has 0 saturated heterocycles. The third-order valence-electron chi connectivity index (χ3n) is 5.81. The van der Waals surface area contributed by atoms with Crippen LogP contribution in [0.1, 0.15) is 39.0 Å². The van der Waals surface area contributed by atoms with Crippen molar-refractivity contribution in [3.8, 4) is 0 Å². The standard InChI is InChI=1S/C29H60OS12/c1-29(5-2-11-34-17-23-40-26-20-37-14-8-31,6-3-12-35-18-24-41-27-21-38-15-9-32)30-7-4-13-36-19-25-42-28-22-39-16-10-33/h31-33H,2-28H2,1H3. The minimum atomic E-state index is 0.0459. The zero-order valence-electron chi connectivity index (χ0n) is 26.0.